The predicted octanol–water partition coefficient (Wildman–Crippen LogP) is 2.69. The molecule has 4 rings (SSSR count). The number of morpholine rings is 1. The maximum Gasteiger partial charge on any atom is 0.271 e. The van der Waals surface area contributed by atoms with Crippen LogP contribution in [-0.2, 0) is 4.74 Å². The fraction of sp³-hybridized carbons (Fsp3) is 0.235. The lowest BCUT2D eigenvalue weighted by atomic mass is 10.2. The van der Waals surface area contributed by atoms with Crippen LogP contribution in [-0.4, -0.2) is 46.1 Å². The standard InChI is InChI=1S/C17H16N4O4/c22-20-16-11-14(21(23)24)5-6-15(16)18-17(20)12-1-3-13(4-2-12)19-7-9-25-10-8-19/h1-6,11,22H,7-10H2. The van der Waals surface area contributed by atoms with Gasteiger partial charge in [-0.2, -0.15) is 4.73 Å². The number of imidazole rings is 1. The fourth-order valence-electron chi connectivity index (χ4n) is 2.99. The van der Waals surface area contributed by atoms with Gasteiger partial charge in [-0.15, -0.1) is 0 Å². The number of hydrogen-bond donors (Lipinski definition) is 1. The molecule has 2 aromatic carbocycles. The van der Waals surface area contributed by atoms with Crippen molar-refractivity contribution in [3.8, 4) is 11.4 Å². The van der Waals surface area contributed by atoms with Crippen molar-refractivity contribution in [2.75, 3.05) is 31.2 Å². The van der Waals surface area contributed by atoms with Crippen LogP contribution in [0.4, 0.5) is 11.4 Å². The summed E-state index contributed by atoms with van der Waals surface area (Å²) in [6, 6.07) is 11.9. The molecule has 0 radical (unpaired) electrons. The van der Waals surface area contributed by atoms with Gasteiger partial charge in [0.2, 0.25) is 0 Å². The molecule has 3 aromatic rings. The van der Waals surface area contributed by atoms with Crippen LogP contribution in [0.3, 0.4) is 0 Å². The van der Waals surface area contributed by atoms with Crippen LogP contribution in [0.15, 0.2) is 42.5 Å². The number of nitro groups is 1. The number of rotatable bonds is 3. The molecule has 0 unspecified atom stereocenters. The fourth-order valence-corrected chi connectivity index (χ4v) is 2.99. The Morgan fingerprint density at radius 1 is 1.12 bits per heavy atom. The first-order valence-corrected chi connectivity index (χ1v) is 7.93. The third-order valence-electron chi connectivity index (χ3n) is 4.33. The molecule has 128 valence electrons. The van der Waals surface area contributed by atoms with Gasteiger partial charge in [-0.25, -0.2) is 4.98 Å². The molecule has 1 N–H and O–H groups in total. The van der Waals surface area contributed by atoms with Gasteiger partial charge >= 0.3 is 0 Å². The number of benzene rings is 2. The lowest BCUT2D eigenvalue weighted by Crippen LogP contribution is -2.36. The molecule has 8 nitrogen and oxygen atoms in total. The number of ether oxygens (including phenoxy) is 1. The Labute approximate surface area is 143 Å². The zero-order chi connectivity index (χ0) is 17.4. The van der Waals surface area contributed by atoms with E-state index in [1.165, 1.54) is 18.2 Å². The second-order valence-electron chi connectivity index (χ2n) is 5.82. The minimum absolute atomic E-state index is 0.0862. The van der Waals surface area contributed by atoms with Crippen molar-refractivity contribution >= 4 is 22.4 Å². The van der Waals surface area contributed by atoms with Crippen molar-refractivity contribution in [1.29, 1.82) is 0 Å². The zero-order valence-corrected chi connectivity index (χ0v) is 13.3. The number of hydrogen-bond acceptors (Lipinski definition) is 6. The molecule has 0 spiro atoms. The van der Waals surface area contributed by atoms with E-state index >= 15 is 0 Å². The van der Waals surface area contributed by atoms with Crippen molar-refractivity contribution in [3.63, 3.8) is 0 Å². The molecule has 1 saturated heterocycles. The quantitative estimate of drug-likeness (QED) is 0.447. The number of non-ortho nitro benzene ring substituents is 1. The molecule has 0 bridgehead atoms. The number of nitrogens with zero attached hydrogens (tertiary/aromatic N) is 4. The van der Waals surface area contributed by atoms with E-state index in [0.29, 0.717) is 30.1 Å². The maximum absolute atomic E-state index is 10.9. The number of nitro benzene ring substituents is 1. The van der Waals surface area contributed by atoms with Gasteiger partial charge in [0.25, 0.3) is 5.69 Å². The maximum atomic E-state index is 10.9. The Morgan fingerprint density at radius 3 is 2.52 bits per heavy atom. The SMILES string of the molecule is O=[N+]([O-])c1ccc2nc(-c3ccc(N4CCOCC4)cc3)n(O)c2c1. The molecule has 25 heavy (non-hydrogen) atoms. The van der Waals surface area contributed by atoms with E-state index in [-0.39, 0.29) is 5.69 Å². The first-order chi connectivity index (χ1) is 12.1. The average molecular weight is 340 g/mol. The van der Waals surface area contributed by atoms with Gasteiger partial charge in [-0.3, -0.25) is 10.1 Å². The molecule has 1 aliphatic heterocycles. The summed E-state index contributed by atoms with van der Waals surface area (Å²) in [5.41, 5.74) is 2.54. The van der Waals surface area contributed by atoms with Crippen molar-refractivity contribution in [1.82, 2.24) is 9.71 Å². The van der Waals surface area contributed by atoms with Gasteiger partial charge in [0.05, 0.1) is 23.7 Å². The third-order valence-corrected chi connectivity index (χ3v) is 4.33. The van der Waals surface area contributed by atoms with E-state index < -0.39 is 4.92 Å². The molecule has 0 aliphatic carbocycles. The van der Waals surface area contributed by atoms with Crippen LogP contribution < -0.4 is 4.90 Å². The van der Waals surface area contributed by atoms with Crippen LogP contribution in [0.25, 0.3) is 22.4 Å². The summed E-state index contributed by atoms with van der Waals surface area (Å²) in [5, 5.41) is 21.3. The number of anilines is 1. The summed E-state index contributed by atoms with van der Waals surface area (Å²) in [5.74, 6) is 0.351. The molecule has 0 atom stereocenters. The van der Waals surface area contributed by atoms with E-state index in [1.807, 2.05) is 24.3 Å². The highest BCUT2D eigenvalue weighted by Crippen LogP contribution is 2.28. The Bertz CT molecular complexity index is 930. The highest BCUT2D eigenvalue weighted by Gasteiger charge is 2.16. The molecular weight excluding hydrogens is 324 g/mol. The Kier molecular flexibility index (Phi) is 3.73. The van der Waals surface area contributed by atoms with E-state index in [1.54, 1.807) is 0 Å². The normalized spacial score (nSPS) is 14.8. The largest absolute Gasteiger partial charge is 0.426 e. The summed E-state index contributed by atoms with van der Waals surface area (Å²) in [6.45, 7) is 3.13. The lowest BCUT2D eigenvalue weighted by molar-refractivity contribution is -0.384. The highest BCUT2D eigenvalue weighted by molar-refractivity contribution is 5.82. The Hall–Kier alpha value is -3.13. The van der Waals surface area contributed by atoms with Gasteiger partial charge in [-0.1, -0.05) is 0 Å². The van der Waals surface area contributed by atoms with Gasteiger partial charge in [0.1, 0.15) is 5.52 Å². The Balaban J connectivity index is 1.69. The van der Waals surface area contributed by atoms with Crippen LogP contribution in [0.1, 0.15) is 0 Å². The van der Waals surface area contributed by atoms with Crippen molar-refractivity contribution in [2.24, 2.45) is 0 Å². The van der Waals surface area contributed by atoms with Gasteiger partial charge in [-0.05, 0) is 30.3 Å². The average Bonchev–Trinajstić information content (AvgIpc) is 2.99. The van der Waals surface area contributed by atoms with Crippen LogP contribution in [0, 0.1) is 10.1 Å². The number of aromatic nitrogens is 2. The van der Waals surface area contributed by atoms with E-state index in [0.717, 1.165) is 29.1 Å². The Morgan fingerprint density at radius 2 is 1.84 bits per heavy atom. The molecule has 0 amide bonds. The first-order valence-electron chi connectivity index (χ1n) is 7.93. The third kappa shape index (κ3) is 2.76. The monoisotopic (exact) mass is 340 g/mol. The molecular formula is C17H16N4O4. The summed E-state index contributed by atoms with van der Waals surface area (Å²) in [7, 11) is 0. The summed E-state index contributed by atoms with van der Waals surface area (Å²) in [6.07, 6.45) is 0. The molecule has 8 heteroatoms. The van der Waals surface area contributed by atoms with Crippen molar-refractivity contribution in [3.05, 3.63) is 52.6 Å². The summed E-state index contributed by atoms with van der Waals surface area (Å²) < 4.78 is 6.25. The molecule has 2 heterocycles. The van der Waals surface area contributed by atoms with E-state index in [9.17, 15) is 15.3 Å². The van der Waals surface area contributed by atoms with Crippen LogP contribution in [0.2, 0.25) is 0 Å². The molecule has 1 fully saturated rings. The van der Waals surface area contributed by atoms with Crippen LogP contribution >= 0.6 is 0 Å². The highest BCUT2D eigenvalue weighted by atomic mass is 16.6. The molecule has 1 aliphatic rings. The van der Waals surface area contributed by atoms with Crippen molar-refractivity contribution in [2.45, 2.75) is 0 Å². The minimum Gasteiger partial charge on any atom is -0.426 e. The van der Waals surface area contributed by atoms with Gasteiger partial charge in [0, 0.05) is 36.5 Å². The second kappa shape index (κ2) is 6.06. The van der Waals surface area contributed by atoms with E-state index in [2.05, 4.69) is 9.88 Å². The topological polar surface area (TPSA) is 93.7 Å². The van der Waals surface area contributed by atoms with Gasteiger partial charge in [0.15, 0.2) is 5.82 Å². The zero-order valence-electron chi connectivity index (χ0n) is 13.3. The van der Waals surface area contributed by atoms with Crippen LogP contribution in [0.5, 0.6) is 0 Å². The molecule has 1 aromatic heterocycles. The van der Waals surface area contributed by atoms with E-state index in [4.69, 9.17) is 4.74 Å². The summed E-state index contributed by atoms with van der Waals surface area (Å²) in [4.78, 5) is 17.0. The number of fused-ring (bicyclic) bond motifs is 1. The van der Waals surface area contributed by atoms with Gasteiger partial charge < -0.3 is 14.8 Å². The summed E-state index contributed by atoms with van der Waals surface area (Å²) >= 11 is 0. The second-order valence-corrected chi connectivity index (χ2v) is 5.82. The minimum atomic E-state index is -0.497. The lowest BCUT2D eigenvalue weighted by Gasteiger charge is -2.28. The van der Waals surface area contributed by atoms with Crippen molar-refractivity contribution < 1.29 is 14.9 Å². The molecule has 0 saturated carbocycles. The first kappa shape index (κ1) is 15.4. The smallest absolute Gasteiger partial charge is 0.271 e. The predicted molar refractivity (Wildman–Crippen MR) is 92.0 cm³/mol.